The fraction of sp³-hybridized carbons (Fsp3) is 0.259. The van der Waals surface area contributed by atoms with Crippen molar-refractivity contribution in [2.24, 2.45) is 0 Å². The largest absolute Gasteiger partial charge is 0.507 e. The fourth-order valence-corrected chi connectivity index (χ4v) is 5.18. The van der Waals surface area contributed by atoms with Gasteiger partial charge >= 0.3 is 0 Å². The van der Waals surface area contributed by atoms with Gasteiger partial charge in [0.15, 0.2) is 0 Å². The molecule has 1 saturated heterocycles. The number of hydrogen-bond acceptors (Lipinski definition) is 7. The van der Waals surface area contributed by atoms with Crippen LogP contribution in [0, 0.1) is 13.8 Å². The minimum Gasteiger partial charge on any atom is -0.507 e. The lowest BCUT2D eigenvalue weighted by molar-refractivity contribution is -0.140. The first-order chi connectivity index (χ1) is 16.8. The summed E-state index contributed by atoms with van der Waals surface area (Å²) in [6, 6.07) is 13.8. The zero-order chi connectivity index (χ0) is 25.1. The number of likely N-dealkylation sites (tertiary alicyclic amines) is 1. The van der Waals surface area contributed by atoms with Crippen molar-refractivity contribution in [1.82, 2.24) is 4.90 Å². The van der Waals surface area contributed by atoms with Gasteiger partial charge < -0.3 is 24.2 Å². The number of aliphatic hydroxyl groups is 1. The Bertz CT molecular complexity index is 1260. The van der Waals surface area contributed by atoms with E-state index < -0.39 is 17.7 Å². The van der Waals surface area contributed by atoms with Crippen LogP contribution in [0.4, 0.5) is 0 Å². The van der Waals surface area contributed by atoms with Crippen LogP contribution in [0.2, 0.25) is 0 Å². The lowest BCUT2D eigenvalue weighted by atomic mass is 9.96. The van der Waals surface area contributed by atoms with Gasteiger partial charge in [-0.25, -0.2) is 0 Å². The highest BCUT2D eigenvalue weighted by molar-refractivity contribution is 7.10. The molecule has 1 aliphatic rings. The summed E-state index contributed by atoms with van der Waals surface area (Å²) in [5.74, 6) is 0.145. The monoisotopic (exact) mass is 493 g/mol. The molecule has 1 aromatic heterocycles. The molecule has 1 amide bonds. The number of aryl methyl sites for hydroxylation is 2. The van der Waals surface area contributed by atoms with Gasteiger partial charge in [-0.2, -0.15) is 0 Å². The Morgan fingerprint density at radius 2 is 1.74 bits per heavy atom. The van der Waals surface area contributed by atoms with Crippen molar-refractivity contribution < 1.29 is 28.9 Å². The normalized spacial score (nSPS) is 17.0. The number of ether oxygens (including phenoxy) is 3. The van der Waals surface area contributed by atoms with E-state index in [1.165, 1.54) is 23.3 Å². The van der Waals surface area contributed by atoms with Gasteiger partial charge in [0.1, 0.15) is 29.6 Å². The summed E-state index contributed by atoms with van der Waals surface area (Å²) in [7, 11) is 3.10. The molecule has 1 aliphatic heterocycles. The van der Waals surface area contributed by atoms with Crippen LogP contribution in [0.3, 0.4) is 0 Å². The van der Waals surface area contributed by atoms with Crippen LogP contribution in [-0.2, 0) is 9.59 Å². The molecule has 8 heteroatoms. The summed E-state index contributed by atoms with van der Waals surface area (Å²) in [6.07, 6.45) is 0. The minimum absolute atomic E-state index is 0.0465. The maximum Gasteiger partial charge on any atom is 0.295 e. The Labute approximate surface area is 208 Å². The van der Waals surface area contributed by atoms with E-state index in [-0.39, 0.29) is 24.5 Å². The number of aliphatic hydroxyl groups excluding tert-OH is 1. The summed E-state index contributed by atoms with van der Waals surface area (Å²) in [5.41, 5.74) is 2.16. The number of Topliss-reactive ketones (excluding diaryl/α,β-unsaturated/α-hetero) is 1. The van der Waals surface area contributed by atoms with Crippen LogP contribution in [0.5, 0.6) is 17.2 Å². The predicted molar refractivity (Wildman–Crippen MR) is 134 cm³/mol. The number of amides is 1. The number of thiophene rings is 1. The van der Waals surface area contributed by atoms with E-state index in [1.54, 1.807) is 37.4 Å². The van der Waals surface area contributed by atoms with Gasteiger partial charge in [0.2, 0.25) is 0 Å². The molecule has 1 N–H and O–H groups in total. The number of carbonyl (C=O) groups is 2. The minimum atomic E-state index is -0.730. The van der Waals surface area contributed by atoms with E-state index >= 15 is 0 Å². The smallest absolute Gasteiger partial charge is 0.295 e. The molecule has 4 rings (SSSR count). The van der Waals surface area contributed by atoms with Crippen molar-refractivity contribution in [2.45, 2.75) is 19.9 Å². The van der Waals surface area contributed by atoms with Crippen molar-refractivity contribution >= 4 is 28.8 Å². The van der Waals surface area contributed by atoms with Crippen molar-refractivity contribution in [2.75, 3.05) is 27.4 Å². The fourth-order valence-electron chi connectivity index (χ4n) is 4.33. The molecule has 1 unspecified atom stereocenters. The SMILES string of the molecule is COc1ccc(OCCN2C(=O)C(=O)/C(=C(\O)c3cc(C)cc(C)c3OC)C2c2cccs2)cc1. The standard InChI is InChI=1S/C27H27NO6S/c1-16-14-17(2)26(33-4)20(15-16)24(29)22-23(21-6-5-13-35-21)28(27(31)25(22)30)11-12-34-19-9-7-18(32-3)8-10-19/h5-10,13-15,23,29H,11-12H2,1-4H3/b24-22-. The summed E-state index contributed by atoms with van der Waals surface area (Å²) in [5, 5.41) is 13.2. The Morgan fingerprint density at radius 3 is 2.37 bits per heavy atom. The molecule has 7 nitrogen and oxygen atoms in total. The van der Waals surface area contributed by atoms with Crippen molar-refractivity contribution in [3.8, 4) is 17.2 Å². The summed E-state index contributed by atoms with van der Waals surface area (Å²) < 4.78 is 16.5. The van der Waals surface area contributed by atoms with Crippen LogP contribution in [0.25, 0.3) is 5.76 Å². The Kier molecular flexibility index (Phi) is 7.12. The highest BCUT2D eigenvalue weighted by Crippen LogP contribution is 2.42. The molecule has 35 heavy (non-hydrogen) atoms. The quantitative estimate of drug-likeness (QED) is 0.273. The summed E-state index contributed by atoms with van der Waals surface area (Å²) in [6.45, 7) is 4.11. The van der Waals surface area contributed by atoms with E-state index in [9.17, 15) is 14.7 Å². The first kappa shape index (κ1) is 24.3. The molecule has 0 spiro atoms. The number of ketones is 1. The first-order valence-electron chi connectivity index (χ1n) is 11.1. The number of carbonyl (C=O) groups excluding carboxylic acids is 2. The van der Waals surface area contributed by atoms with Crippen LogP contribution in [0.1, 0.15) is 27.6 Å². The van der Waals surface area contributed by atoms with Gasteiger partial charge in [-0.05, 0) is 66.8 Å². The molecule has 0 aliphatic carbocycles. The molecule has 0 bridgehead atoms. The third-order valence-electron chi connectivity index (χ3n) is 5.89. The second-order valence-electron chi connectivity index (χ2n) is 8.19. The Morgan fingerprint density at radius 1 is 1.03 bits per heavy atom. The second-order valence-corrected chi connectivity index (χ2v) is 9.17. The van der Waals surface area contributed by atoms with Gasteiger partial charge in [-0.1, -0.05) is 12.1 Å². The number of hydrogen-bond donors (Lipinski definition) is 1. The van der Waals surface area contributed by atoms with E-state index in [1.807, 2.05) is 37.4 Å². The highest BCUT2D eigenvalue weighted by Gasteiger charge is 2.46. The van der Waals surface area contributed by atoms with Crippen LogP contribution in [0.15, 0.2) is 59.5 Å². The van der Waals surface area contributed by atoms with Gasteiger partial charge in [-0.15, -0.1) is 11.3 Å². The van der Waals surface area contributed by atoms with Gasteiger partial charge in [0.25, 0.3) is 11.7 Å². The van der Waals surface area contributed by atoms with Crippen LogP contribution < -0.4 is 14.2 Å². The zero-order valence-corrected chi connectivity index (χ0v) is 20.8. The molecule has 2 heterocycles. The van der Waals surface area contributed by atoms with Crippen LogP contribution >= 0.6 is 11.3 Å². The van der Waals surface area contributed by atoms with Gasteiger partial charge in [0.05, 0.1) is 37.9 Å². The lowest BCUT2D eigenvalue weighted by Gasteiger charge is -2.24. The first-order valence-corrected chi connectivity index (χ1v) is 12.0. The van der Waals surface area contributed by atoms with Crippen molar-refractivity contribution in [1.29, 1.82) is 0 Å². The summed E-state index contributed by atoms with van der Waals surface area (Å²) >= 11 is 1.42. The number of rotatable bonds is 8. The Balaban J connectivity index is 1.69. The van der Waals surface area contributed by atoms with E-state index in [2.05, 4.69) is 0 Å². The lowest BCUT2D eigenvalue weighted by Crippen LogP contribution is -2.33. The van der Waals surface area contributed by atoms with Crippen molar-refractivity contribution in [3.63, 3.8) is 0 Å². The highest BCUT2D eigenvalue weighted by atomic mass is 32.1. The molecule has 2 aromatic carbocycles. The average molecular weight is 494 g/mol. The molecular formula is C27H27NO6S. The van der Waals surface area contributed by atoms with E-state index in [4.69, 9.17) is 14.2 Å². The van der Waals surface area contributed by atoms with Crippen molar-refractivity contribution in [3.05, 3.63) is 81.1 Å². The predicted octanol–water partition coefficient (Wildman–Crippen LogP) is 4.88. The third-order valence-corrected chi connectivity index (χ3v) is 6.82. The molecule has 1 fully saturated rings. The summed E-state index contributed by atoms with van der Waals surface area (Å²) in [4.78, 5) is 28.5. The molecule has 3 aromatic rings. The maximum absolute atomic E-state index is 13.2. The molecule has 1 atom stereocenters. The van der Waals surface area contributed by atoms with Gasteiger partial charge in [-0.3, -0.25) is 9.59 Å². The second kappa shape index (κ2) is 10.2. The topological polar surface area (TPSA) is 85.3 Å². The van der Waals surface area contributed by atoms with E-state index in [0.29, 0.717) is 22.8 Å². The van der Waals surface area contributed by atoms with Crippen LogP contribution in [-0.4, -0.2) is 49.1 Å². The number of benzene rings is 2. The molecule has 0 saturated carbocycles. The third kappa shape index (κ3) is 4.74. The average Bonchev–Trinajstić information content (AvgIpc) is 3.46. The zero-order valence-electron chi connectivity index (χ0n) is 20.0. The van der Waals surface area contributed by atoms with Gasteiger partial charge in [0, 0.05) is 4.88 Å². The van der Waals surface area contributed by atoms with E-state index in [0.717, 1.165) is 16.0 Å². The molecular weight excluding hydrogens is 466 g/mol. The Hall–Kier alpha value is -3.78. The molecule has 0 radical (unpaired) electrons. The number of nitrogens with zero attached hydrogens (tertiary/aromatic N) is 1. The molecule has 182 valence electrons. The number of methoxy groups -OCH3 is 2. The maximum atomic E-state index is 13.2.